The lowest BCUT2D eigenvalue weighted by Gasteiger charge is -2.34. The molecular weight excluding hydrogens is 462 g/mol. The first-order chi connectivity index (χ1) is 16.5. The first kappa shape index (κ1) is 25.4. The number of aromatic nitrogens is 2. The van der Waals surface area contributed by atoms with Gasteiger partial charge >= 0.3 is 0 Å². The minimum atomic E-state index is -3.57. The van der Waals surface area contributed by atoms with Gasteiger partial charge in [-0.3, -0.25) is 4.90 Å². The molecule has 1 aliphatic rings. The Morgan fingerprint density at radius 3 is 2.57 bits per heavy atom. The lowest BCUT2D eigenvalue weighted by molar-refractivity contribution is 0.191. The summed E-state index contributed by atoms with van der Waals surface area (Å²) in [4.78, 5) is 7.08. The molecule has 35 heavy (non-hydrogen) atoms. The summed E-state index contributed by atoms with van der Waals surface area (Å²) in [6.07, 6.45) is 2.74. The number of hydrogen-bond donors (Lipinski definition) is 0. The summed E-state index contributed by atoms with van der Waals surface area (Å²) in [7, 11) is -3.57. The minimum Gasteiger partial charge on any atom is -0.478 e. The molecular formula is C27H35N3O4S. The Labute approximate surface area is 208 Å². The van der Waals surface area contributed by atoms with Crippen LogP contribution in [0.1, 0.15) is 74.4 Å². The van der Waals surface area contributed by atoms with E-state index in [0.29, 0.717) is 29.6 Å². The van der Waals surface area contributed by atoms with Gasteiger partial charge < -0.3 is 9.26 Å². The zero-order valence-electron chi connectivity index (χ0n) is 21.5. The standard InChI is InChI=1S/C27H35N3O4S/c1-7-33-25-11-9-21(15-28-25)19(3)30-13-12-20-8-10-23(14-22(20)16-30)35(31,32)17-24-18(2)26(34-29-24)27(4,5)6/h8-11,14-15,19H,7,12-13,16-17H2,1-6H3/t19-/m1/s1. The van der Waals surface area contributed by atoms with Crippen molar-refractivity contribution in [3.8, 4) is 5.88 Å². The molecule has 3 heterocycles. The van der Waals surface area contributed by atoms with Crippen LogP contribution in [0.4, 0.5) is 0 Å². The number of sulfone groups is 1. The van der Waals surface area contributed by atoms with Crippen LogP contribution in [-0.2, 0) is 34.0 Å². The Morgan fingerprint density at radius 1 is 1.17 bits per heavy atom. The number of benzene rings is 1. The van der Waals surface area contributed by atoms with Crippen molar-refractivity contribution in [3.63, 3.8) is 0 Å². The topological polar surface area (TPSA) is 85.5 Å². The van der Waals surface area contributed by atoms with Crippen LogP contribution in [-0.4, -0.2) is 36.6 Å². The highest BCUT2D eigenvalue weighted by molar-refractivity contribution is 7.90. The van der Waals surface area contributed by atoms with Crippen molar-refractivity contribution in [3.05, 3.63) is 70.2 Å². The molecule has 0 unspecified atom stereocenters. The molecule has 0 amide bonds. The van der Waals surface area contributed by atoms with Crippen LogP contribution in [0.5, 0.6) is 5.88 Å². The Balaban J connectivity index is 1.53. The van der Waals surface area contributed by atoms with Crippen LogP contribution in [0.15, 0.2) is 45.9 Å². The van der Waals surface area contributed by atoms with E-state index in [1.807, 2.05) is 65.1 Å². The Bertz CT molecular complexity index is 1290. The van der Waals surface area contributed by atoms with Gasteiger partial charge in [0.15, 0.2) is 9.84 Å². The summed E-state index contributed by atoms with van der Waals surface area (Å²) >= 11 is 0. The maximum atomic E-state index is 13.3. The van der Waals surface area contributed by atoms with Crippen LogP contribution >= 0.6 is 0 Å². The molecule has 1 atom stereocenters. The highest BCUT2D eigenvalue weighted by atomic mass is 32.2. The van der Waals surface area contributed by atoms with Crippen molar-refractivity contribution in [2.45, 2.75) is 76.6 Å². The van der Waals surface area contributed by atoms with Gasteiger partial charge in [0.1, 0.15) is 17.2 Å². The summed E-state index contributed by atoms with van der Waals surface area (Å²) in [6.45, 7) is 14.2. The number of fused-ring (bicyclic) bond motifs is 1. The zero-order valence-corrected chi connectivity index (χ0v) is 22.3. The van der Waals surface area contributed by atoms with Gasteiger partial charge in [0.2, 0.25) is 5.88 Å². The lowest BCUT2D eigenvalue weighted by Crippen LogP contribution is -2.33. The van der Waals surface area contributed by atoms with Crippen LogP contribution in [0.2, 0.25) is 0 Å². The van der Waals surface area contributed by atoms with Gasteiger partial charge in [-0.05, 0) is 56.0 Å². The quantitative estimate of drug-likeness (QED) is 0.445. The molecule has 188 valence electrons. The number of pyridine rings is 1. The SMILES string of the molecule is CCOc1ccc([C@@H](C)N2CCc3ccc(S(=O)(=O)Cc4noc(C(C)(C)C)c4C)cc3C2)cn1. The van der Waals surface area contributed by atoms with Crippen molar-refractivity contribution in [1.29, 1.82) is 0 Å². The molecule has 0 spiro atoms. The number of nitrogens with zero attached hydrogens (tertiary/aromatic N) is 3. The molecule has 0 bridgehead atoms. The van der Waals surface area contributed by atoms with Crippen molar-refractivity contribution >= 4 is 9.84 Å². The fraction of sp³-hybridized carbons (Fsp3) is 0.481. The van der Waals surface area contributed by atoms with Crippen LogP contribution in [0.25, 0.3) is 0 Å². The number of rotatable bonds is 7. The molecule has 4 rings (SSSR count). The van der Waals surface area contributed by atoms with Crippen LogP contribution in [0, 0.1) is 6.92 Å². The second-order valence-electron chi connectivity index (χ2n) is 10.3. The van der Waals surface area contributed by atoms with Crippen molar-refractivity contribution in [1.82, 2.24) is 15.0 Å². The predicted molar refractivity (Wildman–Crippen MR) is 135 cm³/mol. The average molecular weight is 498 g/mol. The predicted octanol–water partition coefficient (Wildman–Crippen LogP) is 5.17. The van der Waals surface area contributed by atoms with E-state index in [4.69, 9.17) is 9.26 Å². The smallest absolute Gasteiger partial charge is 0.213 e. The van der Waals surface area contributed by atoms with E-state index < -0.39 is 9.84 Å². The molecule has 0 N–H and O–H groups in total. The third kappa shape index (κ3) is 5.43. The fourth-order valence-electron chi connectivity index (χ4n) is 4.63. The maximum absolute atomic E-state index is 13.3. The van der Waals surface area contributed by atoms with Gasteiger partial charge in [0.05, 0.1) is 11.5 Å². The largest absolute Gasteiger partial charge is 0.478 e. The number of hydrogen-bond acceptors (Lipinski definition) is 7. The van der Waals surface area contributed by atoms with Gasteiger partial charge in [-0.15, -0.1) is 0 Å². The van der Waals surface area contributed by atoms with E-state index in [9.17, 15) is 8.42 Å². The summed E-state index contributed by atoms with van der Waals surface area (Å²) in [6, 6.07) is 9.61. The molecule has 1 aliphatic heterocycles. The maximum Gasteiger partial charge on any atom is 0.213 e. The Hall–Kier alpha value is -2.71. The van der Waals surface area contributed by atoms with Crippen LogP contribution < -0.4 is 4.74 Å². The number of ether oxygens (including phenoxy) is 1. The van der Waals surface area contributed by atoms with Gasteiger partial charge in [0, 0.05) is 42.4 Å². The van der Waals surface area contributed by atoms with Gasteiger partial charge in [-0.25, -0.2) is 13.4 Å². The average Bonchev–Trinajstić information content (AvgIpc) is 3.18. The second kappa shape index (κ2) is 9.74. The molecule has 0 saturated carbocycles. The Morgan fingerprint density at radius 2 is 1.94 bits per heavy atom. The van der Waals surface area contributed by atoms with E-state index >= 15 is 0 Å². The van der Waals surface area contributed by atoms with Crippen molar-refractivity contribution < 1.29 is 17.7 Å². The molecule has 1 aromatic carbocycles. The third-order valence-corrected chi connectivity index (χ3v) is 8.31. The molecule has 8 heteroatoms. The van der Waals surface area contributed by atoms with Crippen molar-refractivity contribution in [2.24, 2.45) is 0 Å². The van der Waals surface area contributed by atoms with Gasteiger partial charge in [-0.1, -0.05) is 38.1 Å². The second-order valence-corrected chi connectivity index (χ2v) is 12.3. The van der Waals surface area contributed by atoms with Crippen LogP contribution in [0.3, 0.4) is 0 Å². The molecule has 0 fully saturated rings. The van der Waals surface area contributed by atoms with E-state index in [-0.39, 0.29) is 17.2 Å². The summed E-state index contributed by atoms with van der Waals surface area (Å²) in [5.41, 5.74) is 4.41. The van der Waals surface area contributed by atoms with E-state index in [1.54, 1.807) is 6.07 Å². The van der Waals surface area contributed by atoms with Gasteiger partial charge in [0.25, 0.3) is 0 Å². The molecule has 0 aliphatic carbocycles. The zero-order chi connectivity index (χ0) is 25.4. The third-order valence-electron chi connectivity index (χ3n) is 6.69. The fourth-order valence-corrected chi connectivity index (χ4v) is 6.02. The molecule has 2 aromatic heterocycles. The lowest BCUT2D eigenvalue weighted by atomic mass is 9.90. The Kier molecular flexibility index (Phi) is 7.06. The summed E-state index contributed by atoms with van der Waals surface area (Å²) < 4.78 is 37.6. The normalized spacial score (nSPS) is 15.6. The van der Waals surface area contributed by atoms with E-state index in [0.717, 1.165) is 35.4 Å². The van der Waals surface area contributed by atoms with E-state index in [2.05, 4.69) is 22.0 Å². The summed E-state index contributed by atoms with van der Waals surface area (Å²) in [5.74, 6) is 1.18. The van der Waals surface area contributed by atoms with E-state index in [1.165, 1.54) is 5.56 Å². The molecule has 7 nitrogen and oxygen atoms in total. The highest BCUT2D eigenvalue weighted by Crippen LogP contribution is 2.32. The monoisotopic (exact) mass is 497 g/mol. The molecule has 3 aromatic rings. The van der Waals surface area contributed by atoms with Gasteiger partial charge in [-0.2, -0.15) is 0 Å². The summed E-state index contributed by atoms with van der Waals surface area (Å²) in [5, 5.41) is 4.09. The minimum absolute atomic E-state index is 0.153. The first-order valence-corrected chi connectivity index (χ1v) is 13.8. The van der Waals surface area contributed by atoms with Crippen molar-refractivity contribution in [2.75, 3.05) is 13.2 Å². The first-order valence-electron chi connectivity index (χ1n) is 12.1. The molecule has 0 saturated heterocycles. The molecule has 0 radical (unpaired) electrons. The highest BCUT2D eigenvalue weighted by Gasteiger charge is 2.28.